The lowest BCUT2D eigenvalue weighted by Gasteiger charge is -2.39. The lowest BCUT2D eigenvalue weighted by atomic mass is 9.66. The molecule has 0 spiro atoms. The van der Waals surface area contributed by atoms with Crippen molar-refractivity contribution in [2.45, 2.75) is 57.8 Å². The first kappa shape index (κ1) is 19.3. The Labute approximate surface area is 179 Å². The van der Waals surface area contributed by atoms with E-state index in [9.17, 15) is 0 Å². The molecule has 4 heteroatoms. The third kappa shape index (κ3) is 3.23. The Morgan fingerprint density at radius 3 is 2.63 bits per heavy atom. The maximum Gasteiger partial charge on any atom is 0.118 e. The number of hydrogen-bond acceptors (Lipinski definition) is 3. The van der Waals surface area contributed by atoms with Gasteiger partial charge in [0.05, 0.1) is 22.7 Å². The molecule has 1 unspecified atom stereocenters. The maximum absolute atomic E-state index is 8.73. The minimum atomic E-state index is -0.0483. The molecule has 3 aromatic rings. The van der Waals surface area contributed by atoms with Crippen LogP contribution >= 0.6 is 0 Å². The van der Waals surface area contributed by atoms with Gasteiger partial charge in [0, 0.05) is 17.8 Å². The van der Waals surface area contributed by atoms with E-state index in [1.54, 1.807) is 0 Å². The van der Waals surface area contributed by atoms with Crippen molar-refractivity contribution in [2.75, 3.05) is 11.9 Å². The molecule has 0 bridgehead atoms. The Balaban J connectivity index is 1.42. The Bertz CT molecular complexity index is 1090. The molecule has 156 valence electrons. The van der Waals surface area contributed by atoms with Gasteiger partial charge in [-0.05, 0) is 66.7 Å². The number of nitrogens with one attached hydrogen (secondary N) is 3. The molecule has 1 atom stereocenters. The molecular formula is C26H32N4. The summed E-state index contributed by atoms with van der Waals surface area (Å²) in [6, 6.07) is 14.8. The van der Waals surface area contributed by atoms with Crippen LogP contribution in [0.15, 0.2) is 42.5 Å². The molecule has 1 fully saturated rings. The lowest BCUT2D eigenvalue weighted by molar-refractivity contribution is 0.205. The molecule has 2 heterocycles. The summed E-state index contributed by atoms with van der Waals surface area (Å²) >= 11 is 0. The summed E-state index contributed by atoms with van der Waals surface area (Å²) < 4.78 is 0. The summed E-state index contributed by atoms with van der Waals surface area (Å²) in [5.41, 5.74) is 6.44. The number of H-pyrrole nitrogens is 1. The fraction of sp³-hybridized carbons (Fsp3) is 0.462. The van der Waals surface area contributed by atoms with E-state index in [1.807, 2.05) is 24.3 Å². The van der Waals surface area contributed by atoms with Gasteiger partial charge in [0.1, 0.15) is 5.82 Å². The van der Waals surface area contributed by atoms with Gasteiger partial charge in [0.2, 0.25) is 0 Å². The van der Waals surface area contributed by atoms with Crippen molar-refractivity contribution in [3.63, 3.8) is 0 Å². The molecule has 5 rings (SSSR count). The van der Waals surface area contributed by atoms with Crippen molar-refractivity contribution >= 4 is 22.4 Å². The zero-order chi connectivity index (χ0) is 20.9. The number of para-hydroxylation sites is 1. The Morgan fingerprint density at radius 2 is 1.87 bits per heavy atom. The van der Waals surface area contributed by atoms with Crippen LogP contribution in [-0.2, 0) is 5.41 Å². The molecule has 30 heavy (non-hydrogen) atoms. The highest BCUT2D eigenvalue weighted by atomic mass is 15.0. The molecule has 1 saturated carbocycles. The second kappa shape index (κ2) is 7.26. The smallest absolute Gasteiger partial charge is 0.118 e. The largest absolute Gasteiger partial charge is 0.383 e. The van der Waals surface area contributed by atoms with E-state index >= 15 is 0 Å². The highest BCUT2D eigenvalue weighted by molar-refractivity contribution is 6.08. The van der Waals surface area contributed by atoms with Crippen molar-refractivity contribution in [1.82, 2.24) is 9.97 Å². The number of aromatic nitrogens is 2. The monoisotopic (exact) mass is 400 g/mol. The third-order valence-corrected chi connectivity index (χ3v) is 7.67. The van der Waals surface area contributed by atoms with Crippen LogP contribution in [0.25, 0.3) is 11.0 Å². The molecule has 3 N–H and O–H groups in total. The molecule has 4 nitrogen and oxygen atoms in total. The lowest BCUT2D eigenvalue weighted by Crippen LogP contribution is -2.30. The predicted octanol–water partition coefficient (Wildman–Crippen LogP) is 6.24. The molecule has 2 aliphatic rings. The van der Waals surface area contributed by atoms with Gasteiger partial charge in [-0.3, -0.25) is 0 Å². The van der Waals surface area contributed by atoms with Crippen LogP contribution in [0.2, 0.25) is 0 Å². The summed E-state index contributed by atoms with van der Waals surface area (Å²) in [7, 11) is 0. The van der Waals surface area contributed by atoms with Gasteiger partial charge in [-0.2, -0.15) is 0 Å². The zero-order valence-corrected chi connectivity index (χ0v) is 18.3. The topological polar surface area (TPSA) is 64.6 Å². The first-order chi connectivity index (χ1) is 14.4. The van der Waals surface area contributed by atoms with Gasteiger partial charge in [-0.25, -0.2) is 4.98 Å². The van der Waals surface area contributed by atoms with Crippen molar-refractivity contribution in [3.8, 4) is 0 Å². The number of hydrogen-bond donors (Lipinski definition) is 3. The average Bonchev–Trinajstić information content (AvgIpc) is 3.17. The Hall–Kier alpha value is -2.62. The number of benzene rings is 2. The van der Waals surface area contributed by atoms with Crippen molar-refractivity contribution < 1.29 is 0 Å². The van der Waals surface area contributed by atoms with Gasteiger partial charge < -0.3 is 15.7 Å². The van der Waals surface area contributed by atoms with Crippen LogP contribution in [0.3, 0.4) is 0 Å². The number of rotatable bonds is 3. The van der Waals surface area contributed by atoms with E-state index in [1.165, 1.54) is 31.2 Å². The first-order valence-electron chi connectivity index (χ1n) is 11.4. The predicted molar refractivity (Wildman–Crippen MR) is 125 cm³/mol. The molecule has 0 radical (unpaired) electrons. The summed E-state index contributed by atoms with van der Waals surface area (Å²) in [6.45, 7) is 7.86. The number of nitrogens with zero attached hydrogens (tertiary/aromatic N) is 1. The van der Waals surface area contributed by atoms with Gasteiger partial charge in [0.15, 0.2) is 0 Å². The van der Waals surface area contributed by atoms with E-state index in [-0.39, 0.29) is 11.3 Å². The van der Waals surface area contributed by atoms with E-state index in [0.717, 1.165) is 39.9 Å². The second-order valence-electron chi connectivity index (χ2n) is 9.89. The Morgan fingerprint density at radius 1 is 1.10 bits per heavy atom. The van der Waals surface area contributed by atoms with Gasteiger partial charge in [-0.15, -0.1) is 0 Å². The number of anilines is 1. The average molecular weight is 401 g/mol. The molecule has 1 aliphatic heterocycles. The standard InChI is InChI=1S/C26H32N4/c1-16(2)17-10-12-26(3,13-11-17)18-8-9-22-23(14-18)30-25(29-22)20-15-28-21-7-5-4-6-19(21)24(20)27/h4-9,14,16-17,20,27-28H,10-13,15H2,1-3H3,(H,29,30). The molecule has 1 aliphatic carbocycles. The molecule has 1 aromatic heterocycles. The van der Waals surface area contributed by atoms with E-state index in [0.29, 0.717) is 12.3 Å². The van der Waals surface area contributed by atoms with Gasteiger partial charge in [0.25, 0.3) is 0 Å². The quantitative estimate of drug-likeness (QED) is 0.487. The van der Waals surface area contributed by atoms with Gasteiger partial charge in [-0.1, -0.05) is 45.0 Å². The maximum atomic E-state index is 8.73. The van der Waals surface area contributed by atoms with E-state index in [2.05, 4.69) is 49.3 Å². The van der Waals surface area contributed by atoms with Crippen LogP contribution < -0.4 is 5.32 Å². The summed E-state index contributed by atoms with van der Waals surface area (Å²) in [5.74, 6) is 2.50. The van der Waals surface area contributed by atoms with Crippen LogP contribution in [0.1, 0.15) is 69.3 Å². The van der Waals surface area contributed by atoms with Crippen molar-refractivity contribution in [3.05, 3.63) is 59.4 Å². The minimum Gasteiger partial charge on any atom is -0.383 e. The summed E-state index contributed by atoms with van der Waals surface area (Å²) in [6.07, 6.45) is 5.17. The second-order valence-corrected chi connectivity index (χ2v) is 9.89. The number of fused-ring (bicyclic) bond motifs is 2. The summed E-state index contributed by atoms with van der Waals surface area (Å²) in [5, 5.41) is 12.2. The highest BCUT2D eigenvalue weighted by Gasteiger charge is 2.34. The summed E-state index contributed by atoms with van der Waals surface area (Å²) in [4.78, 5) is 8.43. The van der Waals surface area contributed by atoms with Crippen LogP contribution in [0.4, 0.5) is 5.69 Å². The third-order valence-electron chi connectivity index (χ3n) is 7.67. The van der Waals surface area contributed by atoms with Crippen LogP contribution in [0.5, 0.6) is 0 Å². The first-order valence-corrected chi connectivity index (χ1v) is 11.4. The highest BCUT2D eigenvalue weighted by Crippen LogP contribution is 2.44. The molecule has 0 amide bonds. The van der Waals surface area contributed by atoms with E-state index < -0.39 is 0 Å². The van der Waals surface area contributed by atoms with Crippen molar-refractivity contribution in [1.29, 1.82) is 5.41 Å². The van der Waals surface area contributed by atoms with E-state index in [4.69, 9.17) is 10.4 Å². The Kier molecular flexibility index (Phi) is 4.68. The number of aromatic amines is 1. The molecule has 2 aromatic carbocycles. The van der Waals surface area contributed by atoms with Crippen LogP contribution in [0, 0.1) is 17.2 Å². The molecule has 0 saturated heterocycles. The fourth-order valence-electron chi connectivity index (χ4n) is 5.41. The number of imidazole rings is 1. The normalized spacial score (nSPS) is 26.6. The molecular weight excluding hydrogens is 368 g/mol. The SMILES string of the molecule is CC(C)C1CCC(C)(c2ccc3nc(C4CNc5ccccc5C4=N)[nH]c3c2)CC1. The van der Waals surface area contributed by atoms with Crippen LogP contribution in [-0.4, -0.2) is 22.2 Å². The fourth-order valence-corrected chi connectivity index (χ4v) is 5.41. The van der Waals surface area contributed by atoms with Gasteiger partial charge >= 0.3 is 0 Å². The minimum absolute atomic E-state index is 0.0483. The zero-order valence-electron chi connectivity index (χ0n) is 18.3. The van der Waals surface area contributed by atoms with Crippen molar-refractivity contribution in [2.24, 2.45) is 11.8 Å².